The second-order valence-electron chi connectivity index (χ2n) is 4.86. The summed E-state index contributed by atoms with van der Waals surface area (Å²) < 4.78 is 5.35. The second kappa shape index (κ2) is 8.32. The Morgan fingerprint density at radius 1 is 1.44 bits per heavy atom. The third-order valence-electron chi connectivity index (χ3n) is 2.23. The summed E-state index contributed by atoms with van der Waals surface area (Å²) in [7, 11) is 0. The lowest BCUT2D eigenvalue weighted by Crippen LogP contribution is -2.22. The van der Waals surface area contributed by atoms with E-state index in [2.05, 4.69) is 18.0 Å². The van der Waals surface area contributed by atoms with Crippen LogP contribution in [0.25, 0.3) is 0 Å². The number of nitrogens with zero attached hydrogens (tertiary/aromatic N) is 1. The summed E-state index contributed by atoms with van der Waals surface area (Å²) in [6, 6.07) is 2.30. The van der Waals surface area contributed by atoms with Crippen LogP contribution in [-0.2, 0) is 4.74 Å². The van der Waals surface area contributed by atoms with E-state index in [1.807, 2.05) is 20.8 Å². The van der Waals surface area contributed by atoms with Crippen molar-refractivity contribution in [1.29, 1.82) is 5.26 Å². The average molecular weight is 224 g/mol. The molecule has 0 fully saturated rings. The molecule has 0 spiro atoms. The molecule has 0 aromatic rings. The highest BCUT2D eigenvalue weighted by Gasteiger charge is 2.14. The van der Waals surface area contributed by atoms with Gasteiger partial charge >= 0.3 is 0 Å². The maximum Gasteiger partial charge on any atom is 0.0683 e. The highest BCUT2D eigenvalue weighted by atomic mass is 16.5. The van der Waals surface area contributed by atoms with Crippen molar-refractivity contribution in [3.63, 3.8) is 0 Å². The molecule has 0 aliphatic carbocycles. The monoisotopic (exact) mass is 224 g/mol. The van der Waals surface area contributed by atoms with Crippen molar-refractivity contribution in [3.8, 4) is 6.07 Å². The first-order valence-electron chi connectivity index (χ1n) is 5.82. The zero-order valence-corrected chi connectivity index (χ0v) is 10.8. The van der Waals surface area contributed by atoms with Crippen LogP contribution in [0.15, 0.2) is 12.2 Å². The van der Waals surface area contributed by atoms with Crippen LogP contribution in [0, 0.1) is 16.7 Å². The molecule has 0 aromatic heterocycles. The normalized spacial score (nSPS) is 11.1. The van der Waals surface area contributed by atoms with E-state index in [4.69, 9.17) is 10.00 Å². The van der Waals surface area contributed by atoms with E-state index in [0.717, 1.165) is 31.5 Å². The van der Waals surface area contributed by atoms with Crippen molar-refractivity contribution in [2.75, 3.05) is 26.3 Å². The molecule has 0 amide bonds. The molecular weight excluding hydrogens is 200 g/mol. The van der Waals surface area contributed by atoms with Gasteiger partial charge in [0.05, 0.1) is 24.7 Å². The zero-order valence-electron chi connectivity index (χ0n) is 10.8. The van der Waals surface area contributed by atoms with Gasteiger partial charge in [0.25, 0.3) is 0 Å². The molecule has 0 heterocycles. The van der Waals surface area contributed by atoms with Crippen LogP contribution in [0.5, 0.6) is 0 Å². The summed E-state index contributed by atoms with van der Waals surface area (Å²) in [5, 5.41) is 12.1. The van der Waals surface area contributed by atoms with Crippen LogP contribution in [0.3, 0.4) is 0 Å². The molecule has 16 heavy (non-hydrogen) atoms. The highest BCUT2D eigenvalue weighted by Crippen LogP contribution is 2.19. The maximum atomic E-state index is 8.82. The van der Waals surface area contributed by atoms with Crippen LogP contribution >= 0.6 is 0 Å². The summed E-state index contributed by atoms with van der Waals surface area (Å²) >= 11 is 0. The molecular formula is C13H24N2O. The van der Waals surface area contributed by atoms with Crippen LogP contribution in [0.4, 0.5) is 0 Å². The fourth-order valence-electron chi connectivity index (χ4n) is 1.23. The molecule has 0 unspecified atom stereocenters. The van der Waals surface area contributed by atoms with E-state index >= 15 is 0 Å². The number of ether oxygens (including phenoxy) is 1. The van der Waals surface area contributed by atoms with Gasteiger partial charge in [-0.05, 0) is 40.2 Å². The Hall–Kier alpha value is -0.850. The van der Waals surface area contributed by atoms with E-state index < -0.39 is 0 Å². The Balaban J connectivity index is 3.23. The van der Waals surface area contributed by atoms with Crippen LogP contribution in [0.2, 0.25) is 0 Å². The summed E-state index contributed by atoms with van der Waals surface area (Å²) in [5.74, 6) is 0. The van der Waals surface area contributed by atoms with Gasteiger partial charge in [-0.1, -0.05) is 12.2 Å². The molecule has 0 rings (SSSR count). The molecule has 0 aliphatic heterocycles. The van der Waals surface area contributed by atoms with Crippen molar-refractivity contribution < 1.29 is 4.74 Å². The molecule has 3 nitrogen and oxygen atoms in total. The quantitative estimate of drug-likeness (QED) is 0.483. The fourth-order valence-corrected chi connectivity index (χ4v) is 1.23. The minimum atomic E-state index is -0.196. The lowest BCUT2D eigenvalue weighted by Gasteiger charge is -2.14. The Morgan fingerprint density at radius 3 is 2.69 bits per heavy atom. The number of nitriles is 1. The van der Waals surface area contributed by atoms with Gasteiger partial charge in [-0.3, -0.25) is 0 Å². The molecule has 0 bridgehead atoms. The Kier molecular flexibility index (Phi) is 7.88. The molecule has 1 N–H and O–H groups in total. The van der Waals surface area contributed by atoms with Gasteiger partial charge in [0.2, 0.25) is 0 Å². The molecule has 0 saturated carbocycles. The van der Waals surface area contributed by atoms with Crippen molar-refractivity contribution >= 4 is 0 Å². The van der Waals surface area contributed by atoms with Crippen molar-refractivity contribution in [1.82, 2.24) is 5.32 Å². The molecule has 3 heteroatoms. The molecule has 0 saturated heterocycles. The minimum Gasteiger partial charge on any atom is -0.376 e. The third-order valence-corrected chi connectivity index (χ3v) is 2.23. The Morgan fingerprint density at radius 2 is 2.12 bits per heavy atom. The SMILES string of the molecule is C=C(C)COCCNCCCC(C)(C)C#N. The standard InChI is InChI=1S/C13H24N2O/c1-12(2)10-16-9-8-15-7-5-6-13(3,4)11-14/h15H,1,5-10H2,2-4H3. The van der Waals surface area contributed by atoms with E-state index in [-0.39, 0.29) is 5.41 Å². The fraction of sp³-hybridized carbons (Fsp3) is 0.769. The first-order chi connectivity index (χ1) is 7.48. The van der Waals surface area contributed by atoms with E-state index in [9.17, 15) is 0 Å². The highest BCUT2D eigenvalue weighted by molar-refractivity contribution is 4.91. The summed E-state index contributed by atoms with van der Waals surface area (Å²) in [5.41, 5.74) is 0.855. The first-order valence-corrected chi connectivity index (χ1v) is 5.82. The van der Waals surface area contributed by atoms with Crippen molar-refractivity contribution in [2.24, 2.45) is 5.41 Å². The Labute approximate surface area is 99.5 Å². The third kappa shape index (κ3) is 9.70. The van der Waals surface area contributed by atoms with E-state index in [1.54, 1.807) is 0 Å². The van der Waals surface area contributed by atoms with E-state index in [0.29, 0.717) is 13.2 Å². The predicted molar refractivity (Wildman–Crippen MR) is 67.1 cm³/mol. The van der Waals surface area contributed by atoms with Gasteiger partial charge < -0.3 is 10.1 Å². The van der Waals surface area contributed by atoms with Gasteiger partial charge in [-0.25, -0.2) is 0 Å². The molecule has 0 radical (unpaired) electrons. The summed E-state index contributed by atoms with van der Waals surface area (Å²) in [6.45, 7) is 12.8. The first kappa shape index (κ1) is 15.2. The van der Waals surface area contributed by atoms with Crippen LogP contribution in [0.1, 0.15) is 33.6 Å². The molecule has 0 aromatic carbocycles. The average Bonchev–Trinajstić information content (AvgIpc) is 2.21. The Bertz CT molecular complexity index is 241. The molecule has 92 valence electrons. The van der Waals surface area contributed by atoms with Gasteiger partial charge in [0, 0.05) is 6.54 Å². The predicted octanol–water partition coefficient (Wildman–Crippen LogP) is 2.50. The molecule has 0 aliphatic rings. The second-order valence-corrected chi connectivity index (χ2v) is 4.86. The number of hydrogen-bond acceptors (Lipinski definition) is 3. The van der Waals surface area contributed by atoms with Crippen LogP contribution in [-0.4, -0.2) is 26.3 Å². The maximum absolute atomic E-state index is 8.82. The van der Waals surface area contributed by atoms with Gasteiger partial charge in [-0.15, -0.1) is 0 Å². The smallest absolute Gasteiger partial charge is 0.0683 e. The van der Waals surface area contributed by atoms with Gasteiger partial charge in [-0.2, -0.15) is 5.26 Å². The van der Waals surface area contributed by atoms with Crippen molar-refractivity contribution in [2.45, 2.75) is 33.6 Å². The topological polar surface area (TPSA) is 45.0 Å². The summed E-state index contributed by atoms with van der Waals surface area (Å²) in [6.07, 6.45) is 1.96. The lowest BCUT2D eigenvalue weighted by molar-refractivity contribution is 0.158. The van der Waals surface area contributed by atoms with E-state index in [1.165, 1.54) is 0 Å². The van der Waals surface area contributed by atoms with Gasteiger partial charge in [0.15, 0.2) is 0 Å². The number of rotatable bonds is 9. The zero-order chi connectivity index (χ0) is 12.4. The number of nitrogens with one attached hydrogen (secondary N) is 1. The largest absolute Gasteiger partial charge is 0.376 e. The summed E-state index contributed by atoms with van der Waals surface area (Å²) in [4.78, 5) is 0. The van der Waals surface area contributed by atoms with Gasteiger partial charge in [0.1, 0.15) is 0 Å². The molecule has 0 atom stereocenters. The lowest BCUT2D eigenvalue weighted by atomic mass is 9.90. The minimum absolute atomic E-state index is 0.196. The van der Waals surface area contributed by atoms with Crippen LogP contribution < -0.4 is 5.32 Å². The van der Waals surface area contributed by atoms with Crippen molar-refractivity contribution in [3.05, 3.63) is 12.2 Å². The number of hydrogen-bond donors (Lipinski definition) is 1.